The van der Waals surface area contributed by atoms with Crippen LogP contribution in [0.4, 0.5) is 4.39 Å². The second-order valence-corrected chi connectivity index (χ2v) is 5.26. The average molecular weight is 309 g/mol. The largest absolute Gasteiger partial charge is 0.343 e. The Hall–Kier alpha value is -2.95. The summed E-state index contributed by atoms with van der Waals surface area (Å²) in [5, 5.41) is 2.83. The number of fused-ring (bicyclic) bond motifs is 1. The zero-order chi connectivity index (χ0) is 16.2. The third kappa shape index (κ3) is 3.63. The van der Waals surface area contributed by atoms with Crippen LogP contribution in [0.5, 0.6) is 0 Å². The monoisotopic (exact) mass is 309 g/mol. The van der Waals surface area contributed by atoms with Gasteiger partial charge in [-0.25, -0.2) is 9.37 Å². The minimum Gasteiger partial charge on any atom is -0.343 e. The smallest absolute Gasteiger partial charge is 0.244 e. The van der Waals surface area contributed by atoms with Crippen LogP contribution in [0.25, 0.3) is 17.1 Å². The Kier molecular flexibility index (Phi) is 4.19. The van der Waals surface area contributed by atoms with Crippen molar-refractivity contribution in [2.24, 2.45) is 0 Å². The first-order valence-electron chi connectivity index (χ1n) is 7.30. The molecule has 3 aromatic rings. The number of hydrogen-bond donors (Lipinski definition) is 2. The summed E-state index contributed by atoms with van der Waals surface area (Å²) in [7, 11) is 0. The van der Waals surface area contributed by atoms with E-state index >= 15 is 0 Å². The Labute approximate surface area is 133 Å². The van der Waals surface area contributed by atoms with Gasteiger partial charge in [-0.15, -0.1) is 0 Å². The lowest BCUT2D eigenvalue weighted by Crippen LogP contribution is -2.25. The van der Waals surface area contributed by atoms with E-state index < -0.39 is 0 Å². The van der Waals surface area contributed by atoms with Gasteiger partial charge in [0.25, 0.3) is 0 Å². The van der Waals surface area contributed by atoms with E-state index in [4.69, 9.17) is 0 Å². The number of aromatic amines is 1. The van der Waals surface area contributed by atoms with Gasteiger partial charge >= 0.3 is 0 Å². The zero-order valence-corrected chi connectivity index (χ0v) is 12.6. The van der Waals surface area contributed by atoms with E-state index in [1.54, 1.807) is 18.2 Å². The molecule has 1 amide bonds. The molecule has 0 spiro atoms. The lowest BCUT2D eigenvalue weighted by Gasteiger charge is -2.09. The molecule has 116 valence electrons. The SMILES string of the molecule is CC(NC(=O)/C=C/c1cccc(F)c1)c1nc2ccccc2[nH]1. The summed E-state index contributed by atoms with van der Waals surface area (Å²) < 4.78 is 13.1. The maximum Gasteiger partial charge on any atom is 0.244 e. The molecular formula is C18H16FN3O. The maximum atomic E-state index is 13.1. The average Bonchev–Trinajstić information content (AvgIpc) is 2.97. The summed E-state index contributed by atoms with van der Waals surface area (Å²) in [5.41, 5.74) is 2.43. The number of carbonyl (C=O) groups excluding carboxylic acids is 1. The molecule has 0 aliphatic carbocycles. The van der Waals surface area contributed by atoms with E-state index in [9.17, 15) is 9.18 Å². The van der Waals surface area contributed by atoms with E-state index in [0.29, 0.717) is 11.4 Å². The molecule has 0 radical (unpaired) electrons. The van der Waals surface area contributed by atoms with Gasteiger partial charge in [0.1, 0.15) is 11.6 Å². The van der Waals surface area contributed by atoms with Crippen molar-refractivity contribution in [3.05, 3.63) is 71.8 Å². The molecule has 2 N–H and O–H groups in total. The Morgan fingerprint density at radius 3 is 2.87 bits per heavy atom. The van der Waals surface area contributed by atoms with Crippen molar-refractivity contribution in [2.75, 3.05) is 0 Å². The van der Waals surface area contributed by atoms with Crippen molar-refractivity contribution >= 4 is 23.0 Å². The number of aromatic nitrogens is 2. The van der Waals surface area contributed by atoms with Crippen molar-refractivity contribution in [2.45, 2.75) is 13.0 Å². The van der Waals surface area contributed by atoms with Crippen LogP contribution in [-0.2, 0) is 4.79 Å². The van der Waals surface area contributed by atoms with Gasteiger partial charge < -0.3 is 10.3 Å². The number of hydrogen-bond acceptors (Lipinski definition) is 2. The number of carbonyl (C=O) groups is 1. The number of rotatable bonds is 4. The van der Waals surface area contributed by atoms with E-state index in [1.165, 1.54) is 18.2 Å². The maximum absolute atomic E-state index is 13.1. The number of nitrogens with zero attached hydrogens (tertiary/aromatic N) is 1. The standard InChI is InChI=1S/C18H16FN3O/c1-12(18-21-15-7-2-3-8-16(15)22-18)20-17(23)10-9-13-5-4-6-14(19)11-13/h2-12H,1H3,(H,20,23)(H,21,22)/b10-9+. The predicted octanol–water partition coefficient (Wildman–Crippen LogP) is 3.59. The topological polar surface area (TPSA) is 57.8 Å². The molecule has 0 saturated heterocycles. The molecule has 1 unspecified atom stereocenters. The first kappa shape index (κ1) is 15.0. The molecule has 4 nitrogen and oxygen atoms in total. The third-order valence-electron chi connectivity index (χ3n) is 3.45. The highest BCUT2D eigenvalue weighted by molar-refractivity contribution is 5.92. The predicted molar refractivity (Wildman–Crippen MR) is 88.1 cm³/mol. The van der Waals surface area contributed by atoms with Crippen molar-refractivity contribution < 1.29 is 9.18 Å². The molecule has 0 aliphatic heterocycles. The van der Waals surface area contributed by atoms with Crippen LogP contribution in [0.2, 0.25) is 0 Å². The van der Waals surface area contributed by atoms with Gasteiger partial charge in [0.15, 0.2) is 0 Å². The van der Waals surface area contributed by atoms with Gasteiger partial charge in [0.2, 0.25) is 5.91 Å². The Morgan fingerprint density at radius 1 is 1.26 bits per heavy atom. The van der Waals surface area contributed by atoms with E-state index in [-0.39, 0.29) is 17.8 Å². The van der Waals surface area contributed by atoms with E-state index in [0.717, 1.165) is 11.0 Å². The highest BCUT2D eigenvalue weighted by Gasteiger charge is 2.11. The number of imidazole rings is 1. The number of amides is 1. The fraction of sp³-hybridized carbons (Fsp3) is 0.111. The number of halogens is 1. The summed E-state index contributed by atoms with van der Waals surface area (Å²) in [6.07, 6.45) is 2.96. The fourth-order valence-electron chi connectivity index (χ4n) is 2.29. The molecule has 0 aliphatic rings. The number of para-hydroxylation sites is 2. The first-order chi connectivity index (χ1) is 11.1. The van der Waals surface area contributed by atoms with Gasteiger partial charge in [-0.3, -0.25) is 4.79 Å². The lowest BCUT2D eigenvalue weighted by atomic mass is 10.2. The summed E-state index contributed by atoms with van der Waals surface area (Å²) in [6, 6.07) is 13.5. The highest BCUT2D eigenvalue weighted by Crippen LogP contribution is 2.15. The molecule has 5 heteroatoms. The third-order valence-corrected chi connectivity index (χ3v) is 3.45. The van der Waals surface area contributed by atoms with Crippen LogP contribution in [0.3, 0.4) is 0 Å². The molecule has 3 rings (SSSR count). The number of benzene rings is 2. The van der Waals surface area contributed by atoms with Gasteiger partial charge in [-0.1, -0.05) is 24.3 Å². The molecule has 23 heavy (non-hydrogen) atoms. The minimum atomic E-state index is -0.330. The van der Waals surface area contributed by atoms with E-state index in [2.05, 4.69) is 15.3 Å². The Balaban J connectivity index is 1.67. The minimum absolute atomic E-state index is 0.257. The van der Waals surface area contributed by atoms with Crippen LogP contribution in [-0.4, -0.2) is 15.9 Å². The molecule has 0 bridgehead atoms. The Morgan fingerprint density at radius 2 is 2.09 bits per heavy atom. The quantitative estimate of drug-likeness (QED) is 0.724. The first-order valence-corrected chi connectivity index (χ1v) is 7.30. The molecular weight excluding hydrogens is 293 g/mol. The second kappa shape index (κ2) is 6.44. The van der Waals surface area contributed by atoms with Gasteiger partial charge in [-0.05, 0) is 42.8 Å². The van der Waals surface area contributed by atoms with Crippen LogP contribution in [0.15, 0.2) is 54.6 Å². The Bertz CT molecular complexity index is 836. The van der Waals surface area contributed by atoms with Gasteiger partial charge in [-0.2, -0.15) is 0 Å². The van der Waals surface area contributed by atoms with Crippen molar-refractivity contribution in [1.82, 2.24) is 15.3 Å². The number of nitrogens with one attached hydrogen (secondary N) is 2. The summed E-state index contributed by atoms with van der Waals surface area (Å²) >= 11 is 0. The summed E-state index contributed by atoms with van der Waals surface area (Å²) in [5.74, 6) is 0.101. The van der Waals surface area contributed by atoms with Gasteiger partial charge in [0.05, 0.1) is 17.1 Å². The fourth-order valence-corrected chi connectivity index (χ4v) is 2.29. The summed E-state index contributed by atoms with van der Waals surface area (Å²) in [6.45, 7) is 1.85. The molecule has 2 aromatic carbocycles. The van der Waals surface area contributed by atoms with Crippen molar-refractivity contribution in [3.63, 3.8) is 0 Å². The van der Waals surface area contributed by atoms with Crippen LogP contribution < -0.4 is 5.32 Å². The number of H-pyrrole nitrogens is 1. The molecule has 1 aromatic heterocycles. The van der Waals surface area contributed by atoms with Crippen LogP contribution in [0.1, 0.15) is 24.4 Å². The summed E-state index contributed by atoms with van der Waals surface area (Å²) in [4.78, 5) is 19.6. The normalized spacial score (nSPS) is 12.6. The van der Waals surface area contributed by atoms with Crippen LogP contribution in [0, 0.1) is 5.82 Å². The lowest BCUT2D eigenvalue weighted by molar-refractivity contribution is -0.117. The van der Waals surface area contributed by atoms with Crippen molar-refractivity contribution in [3.8, 4) is 0 Å². The molecule has 1 atom stereocenters. The van der Waals surface area contributed by atoms with E-state index in [1.807, 2.05) is 31.2 Å². The van der Waals surface area contributed by atoms with Crippen molar-refractivity contribution in [1.29, 1.82) is 0 Å². The molecule has 0 saturated carbocycles. The highest BCUT2D eigenvalue weighted by atomic mass is 19.1. The molecule has 0 fully saturated rings. The van der Waals surface area contributed by atoms with Gasteiger partial charge in [0, 0.05) is 6.08 Å². The van der Waals surface area contributed by atoms with Crippen LogP contribution >= 0.6 is 0 Å². The zero-order valence-electron chi connectivity index (χ0n) is 12.6. The molecule has 1 heterocycles. The second-order valence-electron chi connectivity index (χ2n) is 5.26.